The summed E-state index contributed by atoms with van der Waals surface area (Å²) in [5.41, 5.74) is 0.795. The van der Waals surface area contributed by atoms with Gasteiger partial charge >= 0.3 is 6.18 Å². The first kappa shape index (κ1) is 24.0. The second-order valence-corrected chi connectivity index (χ2v) is 8.00. The predicted octanol–water partition coefficient (Wildman–Crippen LogP) is 3.83. The zero-order valence-corrected chi connectivity index (χ0v) is 19.1. The van der Waals surface area contributed by atoms with E-state index in [2.05, 4.69) is 15.3 Å². The first-order chi connectivity index (χ1) is 15.4. The lowest BCUT2D eigenvalue weighted by atomic mass is 9.96. The minimum Gasteiger partial charge on any atom is -0.363 e. The number of nitrogens with one attached hydrogen (secondary N) is 1. The Bertz CT molecular complexity index is 1200. The Morgan fingerprint density at radius 1 is 1.21 bits per heavy atom. The number of alkyl halides is 3. The zero-order valence-electron chi connectivity index (χ0n) is 19.1. The van der Waals surface area contributed by atoms with Crippen LogP contribution in [0.2, 0.25) is 0 Å². The van der Waals surface area contributed by atoms with Crippen LogP contribution < -0.4 is 5.32 Å². The Labute approximate surface area is 189 Å². The topological polar surface area (TPSA) is 78.4 Å². The van der Waals surface area contributed by atoms with Crippen molar-refractivity contribution in [3.05, 3.63) is 57.7 Å². The highest BCUT2D eigenvalue weighted by Gasteiger charge is 2.34. The minimum atomic E-state index is -4.47. The number of amides is 1. The fraction of sp³-hybridized carbons (Fsp3) is 0.348. The molecule has 2 aromatic rings. The van der Waals surface area contributed by atoms with Crippen LogP contribution in [0.5, 0.6) is 0 Å². The molecule has 174 valence electrons. The fourth-order valence-electron chi connectivity index (χ4n) is 3.78. The molecular weight excluding hydrogens is 435 g/mol. The molecule has 0 aliphatic carbocycles. The van der Waals surface area contributed by atoms with Crippen LogP contribution in [0.3, 0.4) is 0 Å². The number of anilines is 1. The first-order valence-electron chi connectivity index (χ1n) is 10.1. The number of aromatic nitrogens is 2. The lowest BCUT2D eigenvalue weighted by molar-refractivity contribution is -0.138. The highest BCUT2D eigenvalue weighted by Crippen LogP contribution is 2.37. The number of hydrogen-bond donors (Lipinski definition) is 1. The molecule has 33 heavy (non-hydrogen) atoms. The lowest BCUT2D eigenvalue weighted by Crippen LogP contribution is -2.34. The normalized spacial score (nSPS) is 14.3. The summed E-state index contributed by atoms with van der Waals surface area (Å²) < 4.78 is 40.1. The van der Waals surface area contributed by atoms with Gasteiger partial charge in [0.2, 0.25) is 0 Å². The molecule has 1 aliphatic rings. The Kier molecular flexibility index (Phi) is 6.33. The van der Waals surface area contributed by atoms with Gasteiger partial charge in [0, 0.05) is 26.7 Å². The van der Waals surface area contributed by atoms with Crippen LogP contribution in [0.1, 0.15) is 46.7 Å². The Hall–Kier alpha value is -3.65. The summed E-state index contributed by atoms with van der Waals surface area (Å²) in [6.45, 7) is 4.78. The van der Waals surface area contributed by atoms with Gasteiger partial charge in [0.25, 0.3) is 5.91 Å². The van der Waals surface area contributed by atoms with E-state index in [4.69, 9.17) is 0 Å². The molecule has 2 heterocycles. The minimum absolute atomic E-state index is 0.0640. The molecular formula is C23H24F3N5O2. The van der Waals surface area contributed by atoms with Gasteiger partial charge in [-0.05, 0) is 44.0 Å². The number of carbonyl (C=O) groups is 1. The third kappa shape index (κ3) is 4.47. The van der Waals surface area contributed by atoms with E-state index in [-0.39, 0.29) is 28.6 Å². The molecule has 1 N–H and O–H groups in total. The van der Waals surface area contributed by atoms with Crippen molar-refractivity contribution >= 4 is 29.4 Å². The molecule has 10 heteroatoms. The van der Waals surface area contributed by atoms with E-state index in [0.717, 1.165) is 6.07 Å². The van der Waals surface area contributed by atoms with Crippen molar-refractivity contribution in [3.8, 4) is 0 Å². The largest absolute Gasteiger partial charge is 0.416 e. The number of fused-ring (bicyclic) bond motifs is 1. The second kappa shape index (κ2) is 8.71. The molecule has 1 aromatic carbocycles. The number of likely N-dealkylation sites (N-methyl/N-ethyl adjacent to an activating group) is 2. The van der Waals surface area contributed by atoms with Crippen molar-refractivity contribution in [2.24, 2.45) is 0 Å². The molecule has 1 atom stereocenters. The van der Waals surface area contributed by atoms with Gasteiger partial charge in [0.05, 0.1) is 11.6 Å². The zero-order chi connectivity index (χ0) is 24.7. The molecule has 0 unspecified atom stereocenters. The summed E-state index contributed by atoms with van der Waals surface area (Å²) in [6, 6.07) is 3.46. The molecule has 0 fully saturated rings. The maximum Gasteiger partial charge on any atom is 0.416 e. The standard InChI is InChI=1S/C23H24F3N5O2/c1-12-15(8-7-9-17(12)23(24,25)26)13(2)27-21-16-10-18(22(33)30(4)5)31(6)19(11-32)20(16)28-14(3)29-21/h7-10,13H,1-6H3,(H,27,28,29)/t13-/m1/s1. The van der Waals surface area contributed by atoms with E-state index in [0.29, 0.717) is 22.8 Å². The van der Waals surface area contributed by atoms with Gasteiger partial charge < -0.3 is 15.1 Å². The number of nitrogens with zero attached hydrogens (tertiary/aromatic N) is 4. The van der Waals surface area contributed by atoms with Gasteiger partial charge in [-0.1, -0.05) is 12.1 Å². The molecule has 0 radical (unpaired) electrons. The maximum absolute atomic E-state index is 13.4. The van der Waals surface area contributed by atoms with Gasteiger partial charge in [-0.3, -0.25) is 4.79 Å². The van der Waals surface area contributed by atoms with Gasteiger partial charge in [-0.2, -0.15) is 13.2 Å². The van der Waals surface area contributed by atoms with E-state index < -0.39 is 17.8 Å². The van der Waals surface area contributed by atoms with Crippen LogP contribution >= 0.6 is 0 Å². The lowest BCUT2D eigenvalue weighted by Gasteiger charge is -2.30. The van der Waals surface area contributed by atoms with E-state index in [1.54, 1.807) is 47.1 Å². The van der Waals surface area contributed by atoms with Crippen LogP contribution in [0, 0.1) is 13.8 Å². The van der Waals surface area contributed by atoms with Gasteiger partial charge in [-0.25, -0.2) is 14.8 Å². The van der Waals surface area contributed by atoms with Crippen LogP contribution in [-0.4, -0.2) is 52.8 Å². The van der Waals surface area contributed by atoms with E-state index in [1.807, 2.05) is 5.94 Å². The Balaban J connectivity index is 2.13. The number of hydrogen-bond acceptors (Lipinski definition) is 6. The SMILES string of the molecule is Cc1nc(N[C@H](C)c2cccc(C(F)(F)F)c2C)c2c(n1)C(=C=O)N(C)C(C(=O)N(C)C)=C2. The summed E-state index contributed by atoms with van der Waals surface area (Å²) in [4.78, 5) is 36.0. The molecule has 1 aromatic heterocycles. The highest BCUT2D eigenvalue weighted by atomic mass is 19.4. The van der Waals surface area contributed by atoms with Crippen molar-refractivity contribution < 1.29 is 22.8 Å². The summed E-state index contributed by atoms with van der Waals surface area (Å²) >= 11 is 0. The maximum atomic E-state index is 13.4. The van der Waals surface area contributed by atoms with Crippen molar-refractivity contribution in [3.63, 3.8) is 0 Å². The quantitative estimate of drug-likeness (QED) is 0.701. The first-order valence-corrected chi connectivity index (χ1v) is 10.1. The molecule has 3 rings (SSSR count). The van der Waals surface area contributed by atoms with Crippen molar-refractivity contribution in [1.82, 2.24) is 19.8 Å². The molecule has 1 amide bonds. The van der Waals surface area contributed by atoms with E-state index in [1.165, 1.54) is 22.8 Å². The third-order valence-corrected chi connectivity index (χ3v) is 5.48. The van der Waals surface area contributed by atoms with Crippen LogP contribution in [0.25, 0.3) is 11.8 Å². The average Bonchev–Trinajstić information content (AvgIpc) is 2.72. The predicted molar refractivity (Wildman–Crippen MR) is 119 cm³/mol. The Morgan fingerprint density at radius 3 is 2.45 bits per heavy atom. The number of halogens is 3. The smallest absolute Gasteiger partial charge is 0.363 e. The monoisotopic (exact) mass is 459 g/mol. The van der Waals surface area contributed by atoms with Crippen molar-refractivity contribution in [2.75, 3.05) is 26.5 Å². The molecule has 0 bridgehead atoms. The summed E-state index contributed by atoms with van der Waals surface area (Å²) in [7, 11) is 4.73. The molecule has 7 nitrogen and oxygen atoms in total. The Morgan fingerprint density at radius 2 is 1.88 bits per heavy atom. The summed E-state index contributed by atoms with van der Waals surface area (Å²) in [6.07, 6.45) is -2.91. The number of carbonyl (C=O) groups excluding carboxylic acids is 2. The van der Waals surface area contributed by atoms with E-state index >= 15 is 0 Å². The molecule has 1 aliphatic heterocycles. The van der Waals surface area contributed by atoms with Gasteiger partial charge in [-0.15, -0.1) is 0 Å². The van der Waals surface area contributed by atoms with Gasteiger partial charge in [0.1, 0.15) is 23.0 Å². The van der Waals surface area contributed by atoms with Crippen molar-refractivity contribution in [2.45, 2.75) is 33.0 Å². The van der Waals surface area contributed by atoms with Gasteiger partial charge in [0.15, 0.2) is 11.6 Å². The second-order valence-electron chi connectivity index (χ2n) is 8.00. The number of benzene rings is 1. The highest BCUT2D eigenvalue weighted by molar-refractivity contribution is 6.05. The number of rotatable bonds is 4. The molecule has 0 saturated carbocycles. The summed E-state index contributed by atoms with van der Waals surface area (Å²) in [5, 5.41) is 3.15. The molecule has 0 saturated heterocycles. The third-order valence-electron chi connectivity index (χ3n) is 5.48. The van der Waals surface area contributed by atoms with E-state index in [9.17, 15) is 22.8 Å². The van der Waals surface area contributed by atoms with Crippen LogP contribution in [0.15, 0.2) is 23.9 Å². The molecule has 0 spiro atoms. The summed E-state index contributed by atoms with van der Waals surface area (Å²) in [5.74, 6) is 2.15. The number of aryl methyl sites for hydroxylation is 1. The van der Waals surface area contributed by atoms with Crippen LogP contribution in [-0.2, 0) is 15.8 Å². The average molecular weight is 459 g/mol. The van der Waals surface area contributed by atoms with Crippen molar-refractivity contribution in [1.29, 1.82) is 0 Å². The van der Waals surface area contributed by atoms with Crippen LogP contribution in [0.4, 0.5) is 19.0 Å². The fourth-order valence-corrected chi connectivity index (χ4v) is 3.78.